The molecule has 2 amide bonds. The van der Waals surface area contributed by atoms with Crippen LogP contribution in [-0.2, 0) is 19.1 Å². The van der Waals surface area contributed by atoms with Crippen LogP contribution in [0.1, 0.15) is 24.9 Å². The molecular formula is C19H28N4O4. The van der Waals surface area contributed by atoms with Gasteiger partial charge in [0.1, 0.15) is 0 Å². The van der Waals surface area contributed by atoms with Gasteiger partial charge in [0.15, 0.2) is 0 Å². The number of amides is 2. The molecular weight excluding hydrogens is 348 g/mol. The second-order valence-electron chi connectivity index (χ2n) is 6.87. The molecule has 3 heterocycles. The Kier molecular flexibility index (Phi) is 7.14. The minimum atomic E-state index is -0.180. The summed E-state index contributed by atoms with van der Waals surface area (Å²) in [5.41, 5.74) is 0.975. The Bertz CT molecular complexity index is 621. The zero-order chi connectivity index (χ0) is 19.1. The molecule has 2 atom stereocenters. The third-order valence-electron chi connectivity index (χ3n) is 4.95. The molecule has 2 fully saturated rings. The maximum absolute atomic E-state index is 12.9. The summed E-state index contributed by atoms with van der Waals surface area (Å²) >= 11 is 0. The van der Waals surface area contributed by atoms with Crippen LogP contribution in [0.25, 0.3) is 0 Å². The van der Waals surface area contributed by atoms with E-state index in [4.69, 9.17) is 9.47 Å². The quantitative estimate of drug-likeness (QED) is 0.764. The van der Waals surface area contributed by atoms with Gasteiger partial charge in [0, 0.05) is 58.5 Å². The molecule has 2 saturated heterocycles. The number of hydrogen-bond donors (Lipinski definition) is 1. The van der Waals surface area contributed by atoms with Crippen LogP contribution in [0.2, 0.25) is 0 Å². The topological polar surface area (TPSA) is 84.0 Å². The second-order valence-corrected chi connectivity index (χ2v) is 6.87. The second kappa shape index (κ2) is 9.77. The van der Waals surface area contributed by atoms with Gasteiger partial charge in [-0.25, -0.2) is 0 Å². The highest BCUT2D eigenvalue weighted by atomic mass is 16.5. The lowest BCUT2D eigenvalue weighted by Crippen LogP contribution is -2.53. The summed E-state index contributed by atoms with van der Waals surface area (Å²) in [6, 6.07) is 3.70. The van der Waals surface area contributed by atoms with Crippen molar-refractivity contribution in [2.75, 3.05) is 52.5 Å². The van der Waals surface area contributed by atoms with E-state index in [1.165, 1.54) is 6.92 Å². The van der Waals surface area contributed by atoms with Crippen LogP contribution in [0, 0.1) is 0 Å². The molecule has 8 nitrogen and oxygen atoms in total. The van der Waals surface area contributed by atoms with Gasteiger partial charge >= 0.3 is 0 Å². The molecule has 0 saturated carbocycles. The lowest BCUT2D eigenvalue weighted by Gasteiger charge is -2.43. The van der Waals surface area contributed by atoms with E-state index in [1.54, 1.807) is 12.4 Å². The molecule has 1 aromatic rings. The van der Waals surface area contributed by atoms with Crippen molar-refractivity contribution in [1.29, 1.82) is 0 Å². The third-order valence-corrected chi connectivity index (χ3v) is 4.95. The highest BCUT2D eigenvalue weighted by Gasteiger charge is 2.37. The fourth-order valence-corrected chi connectivity index (χ4v) is 3.64. The highest BCUT2D eigenvalue weighted by Crippen LogP contribution is 2.30. The van der Waals surface area contributed by atoms with E-state index in [9.17, 15) is 9.59 Å². The summed E-state index contributed by atoms with van der Waals surface area (Å²) in [5.74, 6) is -0.105. The first kappa shape index (κ1) is 19.7. The van der Waals surface area contributed by atoms with Gasteiger partial charge in [-0.1, -0.05) is 6.07 Å². The minimum Gasteiger partial charge on any atom is -0.379 e. The van der Waals surface area contributed by atoms with Gasteiger partial charge in [0.25, 0.3) is 0 Å². The molecule has 0 radical (unpaired) electrons. The van der Waals surface area contributed by atoms with Crippen molar-refractivity contribution >= 4 is 11.8 Å². The number of nitrogens with one attached hydrogen (secondary N) is 1. The maximum Gasteiger partial charge on any atom is 0.225 e. The Morgan fingerprint density at radius 3 is 2.78 bits per heavy atom. The first-order valence-electron chi connectivity index (χ1n) is 9.50. The van der Waals surface area contributed by atoms with E-state index in [2.05, 4.69) is 15.2 Å². The van der Waals surface area contributed by atoms with Crippen LogP contribution in [0.15, 0.2) is 24.5 Å². The standard InChI is InChI=1S/C19H28N4O4/c1-15(24)21-6-4-18(25)23-9-12-27-17(14-22-7-10-26-11-8-22)19(23)16-3-2-5-20-13-16/h2-3,5,13,17,19H,4,6-12,14H2,1H3,(H,21,24)/t17-,19-/m0/s1. The first-order chi connectivity index (χ1) is 13.1. The SMILES string of the molecule is CC(=O)NCCC(=O)N1CCO[C@@H](CN2CCOCC2)[C@@H]1c1cccnc1. The minimum absolute atomic E-state index is 0.0212. The summed E-state index contributed by atoms with van der Waals surface area (Å²) in [5, 5.41) is 2.69. The summed E-state index contributed by atoms with van der Waals surface area (Å²) in [4.78, 5) is 32.4. The van der Waals surface area contributed by atoms with Crippen molar-refractivity contribution in [2.45, 2.75) is 25.5 Å². The lowest BCUT2D eigenvalue weighted by molar-refractivity contribution is -0.149. The molecule has 3 rings (SSSR count). The Morgan fingerprint density at radius 2 is 2.07 bits per heavy atom. The fraction of sp³-hybridized carbons (Fsp3) is 0.632. The molecule has 0 aromatic carbocycles. The maximum atomic E-state index is 12.9. The average molecular weight is 376 g/mol. The zero-order valence-corrected chi connectivity index (χ0v) is 15.8. The molecule has 0 bridgehead atoms. The smallest absolute Gasteiger partial charge is 0.225 e. The van der Waals surface area contributed by atoms with Gasteiger partial charge in [-0.3, -0.25) is 19.5 Å². The third kappa shape index (κ3) is 5.47. The van der Waals surface area contributed by atoms with Gasteiger partial charge in [-0.15, -0.1) is 0 Å². The number of ether oxygens (including phenoxy) is 2. The van der Waals surface area contributed by atoms with E-state index in [-0.39, 0.29) is 30.4 Å². The first-order valence-corrected chi connectivity index (χ1v) is 9.50. The van der Waals surface area contributed by atoms with E-state index in [0.717, 1.165) is 38.4 Å². The number of hydrogen-bond acceptors (Lipinski definition) is 6. The van der Waals surface area contributed by atoms with Crippen LogP contribution in [0.3, 0.4) is 0 Å². The van der Waals surface area contributed by atoms with Crippen molar-refractivity contribution in [2.24, 2.45) is 0 Å². The normalized spacial score (nSPS) is 23.8. The van der Waals surface area contributed by atoms with E-state index in [0.29, 0.717) is 19.7 Å². The molecule has 0 aliphatic carbocycles. The van der Waals surface area contributed by atoms with Gasteiger partial charge in [-0.05, 0) is 11.6 Å². The average Bonchev–Trinajstić information content (AvgIpc) is 2.69. The Labute approximate surface area is 159 Å². The van der Waals surface area contributed by atoms with Gasteiger partial charge in [0.05, 0.1) is 32.0 Å². The van der Waals surface area contributed by atoms with Crippen molar-refractivity contribution in [3.05, 3.63) is 30.1 Å². The predicted octanol–water partition coefficient (Wildman–Crippen LogP) is 0.209. The van der Waals surface area contributed by atoms with Crippen LogP contribution >= 0.6 is 0 Å². The van der Waals surface area contributed by atoms with Crippen molar-refractivity contribution in [3.63, 3.8) is 0 Å². The number of morpholine rings is 2. The van der Waals surface area contributed by atoms with Gasteiger partial charge in [0.2, 0.25) is 11.8 Å². The number of carbonyl (C=O) groups is 2. The number of pyridine rings is 1. The Hall–Kier alpha value is -2.03. The van der Waals surface area contributed by atoms with Crippen LogP contribution < -0.4 is 5.32 Å². The summed E-state index contributed by atoms with van der Waals surface area (Å²) < 4.78 is 11.5. The monoisotopic (exact) mass is 376 g/mol. The molecule has 1 N–H and O–H groups in total. The van der Waals surface area contributed by atoms with Crippen LogP contribution in [0.5, 0.6) is 0 Å². The molecule has 1 aromatic heterocycles. The number of aromatic nitrogens is 1. The number of carbonyl (C=O) groups excluding carboxylic acids is 2. The highest BCUT2D eigenvalue weighted by molar-refractivity contribution is 5.78. The van der Waals surface area contributed by atoms with E-state index in [1.807, 2.05) is 17.0 Å². The molecule has 2 aliphatic rings. The van der Waals surface area contributed by atoms with Gasteiger partial charge < -0.3 is 19.7 Å². The molecule has 27 heavy (non-hydrogen) atoms. The molecule has 8 heteroatoms. The Balaban J connectivity index is 1.74. The largest absolute Gasteiger partial charge is 0.379 e. The molecule has 0 spiro atoms. The van der Waals surface area contributed by atoms with E-state index >= 15 is 0 Å². The number of nitrogens with zero attached hydrogens (tertiary/aromatic N) is 3. The summed E-state index contributed by atoms with van der Waals surface area (Å²) in [7, 11) is 0. The number of rotatable bonds is 6. The predicted molar refractivity (Wildman–Crippen MR) is 99.0 cm³/mol. The van der Waals surface area contributed by atoms with E-state index < -0.39 is 0 Å². The fourth-order valence-electron chi connectivity index (χ4n) is 3.64. The molecule has 2 aliphatic heterocycles. The zero-order valence-electron chi connectivity index (χ0n) is 15.8. The van der Waals surface area contributed by atoms with Crippen molar-refractivity contribution < 1.29 is 19.1 Å². The summed E-state index contributed by atoms with van der Waals surface area (Å²) in [6.45, 7) is 6.79. The summed E-state index contributed by atoms with van der Waals surface area (Å²) in [6.07, 6.45) is 3.69. The Morgan fingerprint density at radius 1 is 1.26 bits per heavy atom. The molecule has 148 valence electrons. The van der Waals surface area contributed by atoms with Crippen molar-refractivity contribution in [1.82, 2.24) is 20.1 Å². The van der Waals surface area contributed by atoms with Crippen molar-refractivity contribution in [3.8, 4) is 0 Å². The lowest BCUT2D eigenvalue weighted by atomic mass is 9.98. The van der Waals surface area contributed by atoms with Crippen LogP contribution in [0.4, 0.5) is 0 Å². The van der Waals surface area contributed by atoms with Crippen LogP contribution in [-0.4, -0.2) is 85.2 Å². The van der Waals surface area contributed by atoms with Gasteiger partial charge in [-0.2, -0.15) is 0 Å². The molecule has 0 unspecified atom stereocenters.